The van der Waals surface area contributed by atoms with E-state index in [9.17, 15) is 40.2 Å². The number of hydrogen-bond donors (Lipinski definition) is 8. The first-order valence-electron chi connectivity index (χ1n) is 44.5. The fourth-order valence-electron chi connectivity index (χ4n) is 18.4. The van der Waals surface area contributed by atoms with Crippen LogP contribution >= 0.6 is 0 Å². The molecule has 8 aromatic heterocycles. The van der Waals surface area contributed by atoms with E-state index < -0.39 is 28.5 Å². The minimum Gasteiger partial charge on any atom is -0.423 e. The van der Waals surface area contributed by atoms with Gasteiger partial charge in [0.05, 0.1) is 95.9 Å². The Balaban J connectivity index is 0.000000108. The minimum absolute atomic E-state index is 0.454. The summed E-state index contributed by atoms with van der Waals surface area (Å²) in [6, 6.07) is 143. The number of rotatable bonds is 16. The van der Waals surface area contributed by atoms with Crippen molar-refractivity contribution in [2.45, 2.75) is 0 Å². The van der Waals surface area contributed by atoms with E-state index in [0.717, 1.165) is 177 Å². The van der Waals surface area contributed by atoms with Gasteiger partial charge in [-0.3, -0.25) is 9.13 Å². The molecule has 0 saturated heterocycles. The lowest BCUT2D eigenvalue weighted by Gasteiger charge is -2.14. The molecule has 0 radical (unpaired) electrons. The van der Waals surface area contributed by atoms with Crippen molar-refractivity contribution in [2.24, 2.45) is 0 Å². The molecule has 648 valence electrons. The van der Waals surface area contributed by atoms with Crippen molar-refractivity contribution in [3.8, 4) is 113 Å². The van der Waals surface area contributed by atoms with E-state index in [1.165, 1.54) is 0 Å². The Morgan fingerprint density at radius 2 is 0.478 bits per heavy atom. The summed E-state index contributed by atoms with van der Waals surface area (Å²) < 4.78 is 8.34. The molecule has 0 aliphatic heterocycles. The summed E-state index contributed by atoms with van der Waals surface area (Å²) >= 11 is 0. The molecule has 8 heterocycles. The van der Waals surface area contributed by atoms with Crippen LogP contribution in [0.4, 0.5) is 0 Å². The molecule has 0 fully saturated rings. The summed E-state index contributed by atoms with van der Waals surface area (Å²) in [6.07, 6.45) is 1.85. The molecule has 136 heavy (non-hydrogen) atoms. The molecular weight excluding hydrogens is 1680 g/mol. The summed E-state index contributed by atoms with van der Waals surface area (Å²) in [5, 5.41) is 87.6. The Labute approximate surface area is 782 Å². The number of aromatic nitrogens is 11. The molecule has 0 aliphatic carbocycles. The molecule has 16 aromatic carbocycles. The lowest BCUT2D eigenvalue weighted by molar-refractivity contribution is 0.425. The summed E-state index contributed by atoms with van der Waals surface area (Å²) in [7, 11) is -6.29. The van der Waals surface area contributed by atoms with Gasteiger partial charge in [0.25, 0.3) is 0 Å². The summed E-state index contributed by atoms with van der Waals surface area (Å²) in [6.45, 7) is 0. The van der Waals surface area contributed by atoms with Crippen LogP contribution in [0.25, 0.3) is 201 Å². The number of benzene rings is 16. The van der Waals surface area contributed by atoms with E-state index in [2.05, 4.69) is 56.2 Å². The molecule has 0 bridgehead atoms. The Hall–Kier alpha value is -17.0. The highest BCUT2D eigenvalue weighted by Crippen LogP contribution is 2.41. The standard InChI is InChI=1S/C29H21BN2O2.3C28H20BN3O2/c33-30(34)24-15-9-17-28-29(24)23-14-7-8-16-27(23)32(28)22-18-25(20-10-3-1-4-11-20)31-26(19-22)21-12-5-2-6-13-21;33-29(34)22-15-9-17-26-27(22)21-14-7-8-16-25(21)32(26)28-30-23(19-10-3-1-4-11-19)18-24(31-28)20-12-5-2-6-13-20;33-29(34)22-15-9-17-25-27(22)21-14-7-8-16-24(21)32(25)26-18-23(19-10-3-1-4-11-19)30-28(31-26)20-12-5-2-6-13-20;33-29(34)22-15-9-17-24-26(22)21-14-7-8-16-23(21)32(24)25-18-30-28(20-12-5-2-6-13-20)31-27(25)19-10-3-1-4-11-19/h1-19,33-34H;3*1-18,33-34H. The average Bonchev–Trinajstić information content (AvgIpc) is 1.58. The molecule has 24 rings (SSSR count). The maximum Gasteiger partial charge on any atom is 0.489 e. The average molecular weight is 1760 g/mol. The lowest BCUT2D eigenvalue weighted by Crippen LogP contribution is -2.30. The zero-order valence-electron chi connectivity index (χ0n) is 73.0. The van der Waals surface area contributed by atoms with Crippen LogP contribution in [0.15, 0.2) is 443 Å². The van der Waals surface area contributed by atoms with Gasteiger partial charge in [-0.15, -0.1) is 0 Å². The largest absolute Gasteiger partial charge is 0.489 e. The third kappa shape index (κ3) is 16.6. The first kappa shape index (κ1) is 85.8. The summed E-state index contributed by atoms with van der Waals surface area (Å²) in [5.74, 6) is 2.51. The van der Waals surface area contributed by atoms with Crippen molar-refractivity contribution in [1.82, 2.24) is 53.2 Å². The second-order valence-corrected chi connectivity index (χ2v) is 32.7. The fraction of sp³-hybridized carbons (Fsp3) is 0. The second kappa shape index (κ2) is 37.7. The van der Waals surface area contributed by atoms with Crippen LogP contribution in [0, 0.1) is 0 Å². The number of hydrogen-bond acceptors (Lipinski definition) is 15. The first-order chi connectivity index (χ1) is 66.8. The molecule has 8 N–H and O–H groups in total. The van der Waals surface area contributed by atoms with Crippen LogP contribution < -0.4 is 21.9 Å². The number of nitrogens with zero attached hydrogens (tertiary/aromatic N) is 11. The molecule has 0 atom stereocenters. The Bertz CT molecular complexity index is 7740. The van der Waals surface area contributed by atoms with Crippen molar-refractivity contribution in [2.75, 3.05) is 0 Å². The monoisotopic (exact) mass is 1760 g/mol. The summed E-state index contributed by atoms with van der Waals surface area (Å²) in [5.41, 5.74) is 23.8. The molecule has 0 saturated carbocycles. The van der Waals surface area contributed by atoms with Crippen molar-refractivity contribution < 1.29 is 40.2 Å². The van der Waals surface area contributed by atoms with Crippen LogP contribution in [0.3, 0.4) is 0 Å². The topological polar surface area (TPSA) is 272 Å². The molecule has 24 aromatic rings. The van der Waals surface area contributed by atoms with Gasteiger partial charge in [0, 0.05) is 93.7 Å². The zero-order chi connectivity index (χ0) is 92.3. The van der Waals surface area contributed by atoms with Gasteiger partial charge in [0.1, 0.15) is 5.82 Å². The van der Waals surface area contributed by atoms with E-state index >= 15 is 0 Å². The van der Waals surface area contributed by atoms with Crippen LogP contribution in [0.5, 0.6) is 0 Å². The van der Waals surface area contributed by atoms with Crippen molar-refractivity contribution in [1.29, 1.82) is 0 Å². The van der Waals surface area contributed by atoms with Gasteiger partial charge < -0.3 is 49.3 Å². The number of para-hydroxylation sites is 4. The Morgan fingerprint density at radius 1 is 0.199 bits per heavy atom. The molecule has 0 unspecified atom stereocenters. The lowest BCUT2D eigenvalue weighted by atomic mass is 9.77. The molecule has 0 aliphatic rings. The van der Waals surface area contributed by atoms with E-state index in [0.29, 0.717) is 45.3 Å². The van der Waals surface area contributed by atoms with E-state index in [1.807, 2.05) is 381 Å². The van der Waals surface area contributed by atoms with E-state index in [-0.39, 0.29) is 0 Å². The number of fused-ring (bicyclic) bond motifs is 12. The normalized spacial score (nSPS) is 11.2. The minimum atomic E-state index is -1.58. The van der Waals surface area contributed by atoms with Gasteiger partial charge in [0.2, 0.25) is 5.95 Å². The quantitative estimate of drug-likeness (QED) is 0.0418. The molecular formula is C113H81B4N11O8. The van der Waals surface area contributed by atoms with Crippen LogP contribution in [0.2, 0.25) is 0 Å². The third-order valence-corrected chi connectivity index (χ3v) is 24.4. The molecule has 0 spiro atoms. The van der Waals surface area contributed by atoms with Crippen LogP contribution in [-0.4, -0.2) is 122 Å². The van der Waals surface area contributed by atoms with Gasteiger partial charge in [-0.05, 0) is 88.6 Å². The second-order valence-electron chi connectivity index (χ2n) is 32.7. The van der Waals surface area contributed by atoms with E-state index in [4.69, 9.17) is 34.9 Å². The molecule has 23 heteroatoms. The maximum atomic E-state index is 10.1. The number of pyridine rings is 1. The van der Waals surface area contributed by atoms with Gasteiger partial charge in [-0.1, -0.05) is 364 Å². The SMILES string of the molecule is OB(O)c1cccc2c1c1ccccc1n2-c1cc(-c2ccccc2)nc(-c2ccccc2)c1.OB(O)c1cccc2c1c1ccccc1n2-c1cc(-c2ccccc2)nc(-c2ccccc2)n1.OB(O)c1cccc2c1c1ccccc1n2-c1cnc(-c2ccccc2)nc1-c1ccccc1.OB(O)c1cccc2c1c1ccccc1n2-c1nc(-c2ccccc2)cc(-c2ccccc2)n1. The van der Waals surface area contributed by atoms with Crippen LogP contribution in [0.1, 0.15) is 0 Å². The van der Waals surface area contributed by atoms with E-state index in [1.54, 1.807) is 24.3 Å². The molecule has 19 nitrogen and oxygen atoms in total. The highest BCUT2D eigenvalue weighted by molar-refractivity contribution is 6.64. The highest BCUT2D eigenvalue weighted by atomic mass is 16.4. The summed E-state index contributed by atoms with van der Waals surface area (Å²) in [4.78, 5) is 34.5. The van der Waals surface area contributed by atoms with Gasteiger partial charge >= 0.3 is 28.5 Å². The Morgan fingerprint density at radius 3 is 0.853 bits per heavy atom. The zero-order valence-corrected chi connectivity index (χ0v) is 73.0. The van der Waals surface area contributed by atoms with Crippen molar-refractivity contribution in [3.63, 3.8) is 0 Å². The first-order valence-corrected chi connectivity index (χ1v) is 44.5. The smallest absolute Gasteiger partial charge is 0.423 e. The fourth-order valence-corrected chi connectivity index (χ4v) is 18.4. The Kier molecular flexibility index (Phi) is 23.8. The van der Waals surface area contributed by atoms with Crippen molar-refractivity contribution >= 4 is 138 Å². The van der Waals surface area contributed by atoms with Crippen molar-refractivity contribution in [3.05, 3.63) is 443 Å². The van der Waals surface area contributed by atoms with Gasteiger partial charge in [-0.25, -0.2) is 34.9 Å². The predicted octanol–water partition coefficient (Wildman–Crippen LogP) is 19.0. The molecule has 0 amide bonds. The van der Waals surface area contributed by atoms with Crippen LogP contribution in [-0.2, 0) is 0 Å². The third-order valence-electron chi connectivity index (χ3n) is 24.4. The van der Waals surface area contributed by atoms with Gasteiger partial charge in [-0.2, -0.15) is 0 Å². The highest BCUT2D eigenvalue weighted by Gasteiger charge is 2.29. The maximum absolute atomic E-state index is 10.1. The van der Waals surface area contributed by atoms with Gasteiger partial charge in [0.15, 0.2) is 11.6 Å². The predicted molar refractivity (Wildman–Crippen MR) is 550 cm³/mol.